The normalized spacial score (nSPS) is 17.8. The van der Waals surface area contributed by atoms with Crippen molar-refractivity contribution in [1.29, 1.82) is 0 Å². The zero-order valence-corrected chi connectivity index (χ0v) is 21.5. The summed E-state index contributed by atoms with van der Waals surface area (Å²) in [5.74, 6) is 1.27. The fraction of sp³-hybridized carbons (Fsp3) is 0.517. The van der Waals surface area contributed by atoms with Crippen molar-refractivity contribution in [3.05, 3.63) is 54.1 Å². The second-order valence-corrected chi connectivity index (χ2v) is 10.0. The van der Waals surface area contributed by atoms with E-state index in [1.807, 2.05) is 12.1 Å². The van der Waals surface area contributed by atoms with Crippen LogP contribution in [0.2, 0.25) is 0 Å². The van der Waals surface area contributed by atoms with Crippen LogP contribution in [0.25, 0.3) is 0 Å². The largest absolute Gasteiger partial charge is 0.495 e. The van der Waals surface area contributed by atoms with Gasteiger partial charge in [-0.05, 0) is 74.7 Å². The van der Waals surface area contributed by atoms with E-state index < -0.39 is 0 Å². The highest BCUT2D eigenvalue weighted by Gasteiger charge is 2.20. The van der Waals surface area contributed by atoms with Crippen LogP contribution in [0, 0.1) is 5.92 Å². The third-order valence-electron chi connectivity index (χ3n) is 7.36. The highest BCUT2D eigenvalue weighted by molar-refractivity contribution is 6.05. The number of para-hydroxylation sites is 2. The van der Waals surface area contributed by atoms with Gasteiger partial charge in [-0.25, -0.2) is 0 Å². The molecule has 0 atom stereocenters. The van der Waals surface area contributed by atoms with Gasteiger partial charge in [0.15, 0.2) is 0 Å². The molecule has 2 fully saturated rings. The Labute approximate surface area is 215 Å². The molecular weight excluding hydrogens is 452 g/mol. The summed E-state index contributed by atoms with van der Waals surface area (Å²) in [5, 5.41) is 5.83. The number of amides is 2. The Bertz CT molecular complexity index is 988. The van der Waals surface area contributed by atoms with Crippen molar-refractivity contribution >= 4 is 23.2 Å². The Balaban J connectivity index is 1.19. The summed E-state index contributed by atoms with van der Waals surface area (Å²) in [6.45, 7) is 6.41. The molecule has 2 amide bonds. The van der Waals surface area contributed by atoms with Gasteiger partial charge >= 0.3 is 0 Å². The third-order valence-corrected chi connectivity index (χ3v) is 7.36. The third kappa shape index (κ3) is 7.80. The zero-order valence-electron chi connectivity index (χ0n) is 21.5. The van der Waals surface area contributed by atoms with Gasteiger partial charge in [-0.2, -0.15) is 0 Å². The molecule has 0 spiro atoms. The molecule has 1 heterocycles. The van der Waals surface area contributed by atoms with Gasteiger partial charge in [0.1, 0.15) is 5.75 Å². The van der Waals surface area contributed by atoms with Crippen LogP contribution in [0.4, 0.5) is 11.4 Å². The van der Waals surface area contributed by atoms with E-state index >= 15 is 0 Å². The smallest absolute Gasteiger partial charge is 0.255 e. The quantitative estimate of drug-likeness (QED) is 0.523. The van der Waals surface area contributed by atoms with E-state index in [1.54, 1.807) is 43.5 Å². The van der Waals surface area contributed by atoms with E-state index in [-0.39, 0.29) is 11.8 Å². The molecule has 2 N–H and O–H groups in total. The molecule has 7 heteroatoms. The molecule has 194 valence electrons. The van der Waals surface area contributed by atoms with Crippen LogP contribution in [-0.2, 0) is 4.79 Å². The Hall–Kier alpha value is -2.90. The highest BCUT2D eigenvalue weighted by Crippen LogP contribution is 2.25. The maximum absolute atomic E-state index is 12.6. The number of rotatable bonds is 9. The van der Waals surface area contributed by atoms with E-state index in [2.05, 4.69) is 20.4 Å². The van der Waals surface area contributed by atoms with Crippen molar-refractivity contribution < 1.29 is 14.3 Å². The van der Waals surface area contributed by atoms with Gasteiger partial charge in [-0.1, -0.05) is 31.4 Å². The fourth-order valence-corrected chi connectivity index (χ4v) is 5.30. The number of nitrogens with zero attached hydrogens (tertiary/aromatic N) is 2. The minimum Gasteiger partial charge on any atom is -0.495 e. The first-order valence-corrected chi connectivity index (χ1v) is 13.4. The lowest BCUT2D eigenvalue weighted by Gasteiger charge is -2.28. The second-order valence-electron chi connectivity index (χ2n) is 10.0. The van der Waals surface area contributed by atoms with Crippen LogP contribution in [0.1, 0.15) is 55.3 Å². The number of benzene rings is 2. The SMILES string of the molecule is COc1ccccc1NC(=O)c1ccc(NC(=O)CCN2CCCN(CC3CCCCC3)CC2)cc1. The van der Waals surface area contributed by atoms with E-state index in [1.165, 1.54) is 51.6 Å². The summed E-state index contributed by atoms with van der Waals surface area (Å²) in [6.07, 6.45) is 8.65. The van der Waals surface area contributed by atoms with E-state index in [0.29, 0.717) is 29.1 Å². The summed E-state index contributed by atoms with van der Waals surface area (Å²) in [6, 6.07) is 14.3. The Morgan fingerprint density at radius 1 is 0.861 bits per heavy atom. The summed E-state index contributed by atoms with van der Waals surface area (Å²) in [7, 11) is 1.57. The van der Waals surface area contributed by atoms with Crippen molar-refractivity contribution in [2.24, 2.45) is 5.92 Å². The summed E-state index contributed by atoms with van der Waals surface area (Å²) >= 11 is 0. The molecule has 1 aliphatic heterocycles. The van der Waals surface area contributed by atoms with Gasteiger partial charge in [0.25, 0.3) is 5.91 Å². The monoisotopic (exact) mass is 492 g/mol. The van der Waals surface area contributed by atoms with Crippen LogP contribution in [0.15, 0.2) is 48.5 Å². The molecule has 1 saturated heterocycles. The highest BCUT2D eigenvalue weighted by atomic mass is 16.5. The van der Waals surface area contributed by atoms with Crippen LogP contribution >= 0.6 is 0 Å². The molecule has 0 bridgehead atoms. The van der Waals surface area contributed by atoms with Crippen LogP contribution in [0.3, 0.4) is 0 Å². The number of carbonyl (C=O) groups excluding carboxylic acids is 2. The van der Waals surface area contributed by atoms with Gasteiger partial charge in [0.2, 0.25) is 5.91 Å². The molecule has 0 aromatic heterocycles. The van der Waals surface area contributed by atoms with Gasteiger partial charge in [0.05, 0.1) is 12.8 Å². The molecule has 2 aromatic carbocycles. The van der Waals surface area contributed by atoms with Crippen LogP contribution in [0.5, 0.6) is 5.75 Å². The standard InChI is InChI=1S/C29H40N4O3/c1-36-27-11-6-5-10-26(27)31-29(35)24-12-14-25(15-13-24)30-28(34)16-19-32-17-7-18-33(21-20-32)22-23-8-3-2-4-9-23/h5-6,10-15,23H,2-4,7-9,16-22H2,1H3,(H,30,34)(H,31,35). The summed E-state index contributed by atoms with van der Waals surface area (Å²) in [5.41, 5.74) is 1.83. The van der Waals surface area contributed by atoms with Gasteiger partial charge in [0, 0.05) is 43.9 Å². The molecule has 4 rings (SSSR count). The number of anilines is 2. The topological polar surface area (TPSA) is 73.9 Å². The first kappa shape index (κ1) is 26.2. The molecule has 1 aliphatic carbocycles. The van der Waals surface area contributed by atoms with Gasteiger partial charge in [-0.3, -0.25) is 9.59 Å². The molecule has 36 heavy (non-hydrogen) atoms. The lowest BCUT2D eigenvalue weighted by atomic mass is 9.89. The zero-order chi connectivity index (χ0) is 25.2. The van der Waals surface area contributed by atoms with E-state index in [4.69, 9.17) is 4.74 Å². The number of nitrogens with one attached hydrogen (secondary N) is 2. The first-order valence-electron chi connectivity index (χ1n) is 13.4. The number of hydrogen-bond acceptors (Lipinski definition) is 5. The van der Waals surface area contributed by atoms with E-state index in [0.717, 1.165) is 32.1 Å². The molecule has 0 unspecified atom stereocenters. The van der Waals surface area contributed by atoms with Crippen molar-refractivity contribution in [2.75, 3.05) is 57.0 Å². The first-order chi connectivity index (χ1) is 17.6. The van der Waals surface area contributed by atoms with Crippen molar-refractivity contribution in [2.45, 2.75) is 44.9 Å². The summed E-state index contributed by atoms with van der Waals surface area (Å²) in [4.78, 5) is 30.2. The molecule has 2 aliphatic rings. The molecule has 0 radical (unpaired) electrons. The predicted molar refractivity (Wildman–Crippen MR) is 145 cm³/mol. The lowest BCUT2D eigenvalue weighted by Crippen LogP contribution is -2.35. The Morgan fingerprint density at radius 3 is 2.36 bits per heavy atom. The van der Waals surface area contributed by atoms with Crippen LogP contribution in [-0.4, -0.2) is 68.0 Å². The molecular formula is C29H40N4O3. The molecule has 7 nitrogen and oxygen atoms in total. The van der Waals surface area contributed by atoms with Crippen molar-refractivity contribution in [3.8, 4) is 5.75 Å². The minimum absolute atomic E-state index is 0.00420. The predicted octanol–water partition coefficient (Wildman–Crippen LogP) is 4.86. The van der Waals surface area contributed by atoms with Crippen molar-refractivity contribution in [3.63, 3.8) is 0 Å². The molecule has 1 saturated carbocycles. The minimum atomic E-state index is -0.226. The number of carbonyl (C=O) groups is 2. The Kier molecular flexibility index (Phi) is 9.76. The number of hydrogen-bond donors (Lipinski definition) is 2. The van der Waals surface area contributed by atoms with Gasteiger partial charge in [-0.15, -0.1) is 0 Å². The molecule has 2 aromatic rings. The van der Waals surface area contributed by atoms with Gasteiger partial charge < -0.3 is 25.2 Å². The number of ether oxygens (including phenoxy) is 1. The van der Waals surface area contributed by atoms with Crippen molar-refractivity contribution in [1.82, 2.24) is 9.80 Å². The lowest BCUT2D eigenvalue weighted by molar-refractivity contribution is -0.116. The number of methoxy groups -OCH3 is 1. The van der Waals surface area contributed by atoms with Crippen LogP contribution < -0.4 is 15.4 Å². The maximum atomic E-state index is 12.6. The second kappa shape index (κ2) is 13.4. The Morgan fingerprint density at radius 2 is 1.58 bits per heavy atom. The summed E-state index contributed by atoms with van der Waals surface area (Å²) < 4.78 is 5.29. The van der Waals surface area contributed by atoms with E-state index in [9.17, 15) is 9.59 Å². The average molecular weight is 493 g/mol. The maximum Gasteiger partial charge on any atom is 0.255 e. The fourth-order valence-electron chi connectivity index (χ4n) is 5.30. The average Bonchev–Trinajstić information content (AvgIpc) is 3.14.